The van der Waals surface area contributed by atoms with Gasteiger partial charge in [-0.25, -0.2) is 14.8 Å². The Labute approximate surface area is 216 Å². The molecule has 0 amide bonds. The van der Waals surface area contributed by atoms with Crippen molar-refractivity contribution in [1.82, 2.24) is 29.3 Å². The Morgan fingerprint density at radius 3 is 2.14 bits per heavy atom. The van der Waals surface area contributed by atoms with E-state index in [1.807, 2.05) is 74.4 Å². The fourth-order valence-electron chi connectivity index (χ4n) is 3.37. The Balaban J connectivity index is 0.000000173. The number of hydrogen-bond acceptors (Lipinski definition) is 6. The van der Waals surface area contributed by atoms with Crippen molar-refractivity contribution < 1.29 is 14.3 Å². The first-order valence-corrected chi connectivity index (χ1v) is 11.9. The lowest BCUT2D eigenvalue weighted by atomic mass is 10.2. The number of rotatable bonds is 6. The smallest absolute Gasteiger partial charge is 0.438 e. The maximum Gasteiger partial charge on any atom is 0.507 e. The van der Waals surface area contributed by atoms with Crippen LogP contribution in [-0.4, -0.2) is 49.2 Å². The summed E-state index contributed by atoms with van der Waals surface area (Å²) >= 11 is 0. The molecule has 0 aliphatic rings. The number of carbonyl (C=O) groups excluding carboxylic acids is 1. The molecular weight excluding hydrogens is 468 g/mol. The average molecular weight is 501 g/mol. The van der Waals surface area contributed by atoms with Gasteiger partial charge in [-0.05, 0) is 30.5 Å². The first kappa shape index (κ1) is 26.9. The van der Waals surface area contributed by atoms with Crippen LogP contribution >= 0.6 is 0 Å². The first-order valence-electron chi connectivity index (χ1n) is 11.9. The number of methoxy groups -OCH3 is 1. The molecule has 0 spiro atoms. The number of aromatic amines is 1. The van der Waals surface area contributed by atoms with E-state index in [1.165, 1.54) is 18.2 Å². The monoisotopic (exact) mass is 500 g/mol. The lowest BCUT2D eigenvalue weighted by molar-refractivity contribution is 0.0771. The van der Waals surface area contributed by atoms with Gasteiger partial charge in [-0.1, -0.05) is 60.7 Å². The van der Waals surface area contributed by atoms with Crippen molar-refractivity contribution in [2.75, 3.05) is 13.7 Å². The van der Waals surface area contributed by atoms with Gasteiger partial charge >= 0.3 is 6.16 Å². The van der Waals surface area contributed by atoms with E-state index < -0.39 is 6.16 Å². The second-order valence-corrected chi connectivity index (χ2v) is 7.90. The molecule has 0 bridgehead atoms. The summed E-state index contributed by atoms with van der Waals surface area (Å²) in [5.41, 5.74) is 4.65. The van der Waals surface area contributed by atoms with Crippen LogP contribution in [0.4, 0.5) is 4.79 Å². The molecule has 9 nitrogen and oxygen atoms in total. The van der Waals surface area contributed by atoms with Crippen molar-refractivity contribution in [2.24, 2.45) is 0 Å². The van der Waals surface area contributed by atoms with Crippen LogP contribution in [0.15, 0.2) is 98.0 Å². The third kappa shape index (κ3) is 8.81. The van der Waals surface area contributed by atoms with E-state index in [4.69, 9.17) is 0 Å². The molecule has 192 valence electrons. The summed E-state index contributed by atoms with van der Waals surface area (Å²) in [5, 5.41) is 7.05. The Hall–Kier alpha value is -4.66. The summed E-state index contributed by atoms with van der Waals surface area (Å²) in [4.78, 5) is 18.4. The molecule has 0 fully saturated rings. The second kappa shape index (κ2) is 14.7. The van der Waals surface area contributed by atoms with Gasteiger partial charge < -0.3 is 18.6 Å². The number of aromatic nitrogens is 6. The Kier molecular flexibility index (Phi) is 10.7. The van der Waals surface area contributed by atoms with Gasteiger partial charge in [0, 0.05) is 37.9 Å². The number of aryl methyl sites for hydroxylation is 1. The molecule has 5 rings (SSSR count). The van der Waals surface area contributed by atoms with Gasteiger partial charge in [-0.15, -0.1) is 0 Å². The lowest BCUT2D eigenvalue weighted by Crippen LogP contribution is -2.02. The van der Waals surface area contributed by atoms with Crippen LogP contribution in [-0.2, 0) is 22.6 Å². The molecule has 37 heavy (non-hydrogen) atoms. The number of benzene rings is 2. The molecule has 3 aromatic heterocycles. The van der Waals surface area contributed by atoms with Crippen molar-refractivity contribution in [2.45, 2.75) is 26.9 Å². The summed E-state index contributed by atoms with van der Waals surface area (Å²) in [5.74, 6) is 0.925. The highest BCUT2D eigenvalue weighted by Gasteiger charge is 2.10. The van der Waals surface area contributed by atoms with E-state index in [0.717, 1.165) is 30.2 Å². The van der Waals surface area contributed by atoms with Crippen molar-refractivity contribution in [3.63, 3.8) is 0 Å². The van der Waals surface area contributed by atoms with Crippen LogP contribution in [0.25, 0.3) is 11.5 Å². The zero-order chi connectivity index (χ0) is 26.3. The topological polar surface area (TPSA) is 99.9 Å². The van der Waals surface area contributed by atoms with Crippen molar-refractivity contribution >= 4 is 6.16 Å². The van der Waals surface area contributed by atoms with Crippen molar-refractivity contribution in [1.29, 1.82) is 0 Å². The van der Waals surface area contributed by atoms with Crippen LogP contribution in [0.2, 0.25) is 0 Å². The second-order valence-electron chi connectivity index (χ2n) is 7.90. The zero-order valence-corrected chi connectivity index (χ0v) is 21.3. The maximum atomic E-state index is 9.97. The molecule has 5 aromatic rings. The molecule has 0 saturated carbocycles. The van der Waals surface area contributed by atoms with Gasteiger partial charge in [0.25, 0.3) is 0 Å². The third-order valence-corrected chi connectivity index (χ3v) is 5.16. The minimum Gasteiger partial charge on any atom is -0.438 e. The highest BCUT2D eigenvalue weighted by molar-refractivity contribution is 5.59. The predicted octanol–water partition coefficient (Wildman–Crippen LogP) is 5.35. The molecule has 0 aliphatic carbocycles. The first-order chi connectivity index (χ1) is 18.1. The number of nitrogens with zero attached hydrogens (tertiary/aromatic N) is 5. The lowest BCUT2D eigenvalue weighted by Gasteiger charge is -2.07. The zero-order valence-electron chi connectivity index (χ0n) is 21.3. The van der Waals surface area contributed by atoms with Gasteiger partial charge in [-0.2, -0.15) is 5.10 Å². The number of ether oxygens (including phenoxy) is 2. The number of imidazole rings is 2. The summed E-state index contributed by atoms with van der Waals surface area (Å²) in [6.07, 6.45) is 10.6. The fraction of sp³-hybridized carbons (Fsp3) is 0.214. The highest BCUT2D eigenvalue weighted by Crippen LogP contribution is 2.19. The summed E-state index contributed by atoms with van der Waals surface area (Å²) < 4.78 is 12.6. The van der Waals surface area contributed by atoms with Crippen LogP contribution in [0.1, 0.15) is 23.6 Å². The standard InChI is InChI=1S/C14H14N4.C10H10N2.C4H8O3/c1-11-9-16-17-13(11)14-15-7-8-18(14)10-12-5-3-2-4-6-12;1-2-4-10(5-3-1)8-12-7-6-11-9-12;1-3-7-4(5)6-2/h2-9H,10H2,1H3,(H,16,17);1-7,9H,8H2;3H2,1-2H3. The van der Waals surface area contributed by atoms with Crippen LogP contribution in [0, 0.1) is 6.92 Å². The van der Waals surface area contributed by atoms with E-state index >= 15 is 0 Å². The number of H-pyrrole nitrogens is 1. The highest BCUT2D eigenvalue weighted by atomic mass is 16.7. The minimum absolute atomic E-state index is 0.368. The number of hydrogen-bond donors (Lipinski definition) is 1. The Bertz CT molecular complexity index is 1300. The molecule has 1 N–H and O–H groups in total. The van der Waals surface area contributed by atoms with E-state index in [0.29, 0.717) is 6.61 Å². The van der Waals surface area contributed by atoms with Crippen LogP contribution in [0.5, 0.6) is 0 Å². The molecule has 0 radical (unpaired) electrons. The van der Waals surface area contributed by atoms with E-state index in [9.17, 15) is 4.79 Å². The summed E-state index contributed by atoms with van der Waals surface area (Å²) in [7, 11) is 1.28. The van der Waals surface area contributed by atoms with E-state index in [2.05, 4.69) is 63.0 Å². The molecular formula is C28H32N6O3. The molecule has 2 aromatic carbocycles. The molecule has 9 heteroatoms. The van der Waals surface area contributed by atoms with Gasteiger partial charge in [0.05, 0.1) is 26.2 Å². The molecule has 0 unspecified atom stereocenters. The quantitative estimate of drug-likeness (QED) is 0.316. The minimum atomic E-state index is -0.623. The van der Waals surface area contributed by atoms with Gasteiger partial charge in [0.1, 0.15) is 5.69 Å². The van der Waals surface area contributed by atoms with Gasteiger partial charge in [0.15, 0.2) is 5.82 Å². The molecule has 0 atom stereocenters. The third-order valence-electron chi connectivity index (χ3n) is 5.16. The Morgan fingerprint density at radius 1 is 0.946 bits per heavy atom. The normalized spacial score (nSPS) is 9.92. The van der Waals surface area contributed by atoms with Gasteiger partial charge in [-0.3, -0.25) is 5.10 Å². The van der Waals surface area contributed by atoms with Crippen LogP contribution < -0.4 is 0 Å². The van der Waals surface area contributed by atoms with E-state index in [1.54, 1.807) is 13.1 Å². The molecule has 3 heterocycles. The summed E-state index contributed by atoms with van der Waals surface area (Å²) in [6, 6.07) is 20.7. The fourth-order valence-corrected chi connectivity index (χ4v) is 3.37. The van der Waals surface area contributed by atoms with Crippen LogP contribution in [0.3, 0.4) is 0 Å². The van der Waals surface area contributed by atoms with E-state index in [-0.39, 0.29) is 0 Å². The molecule has 0 saturated heterocycles. The average Bonchev–Trinajstić information content (AvgIpc) is 3.69. The predicted molar refractivity (Wildman–Crippen MR) is 142 cm³/mol. The van der Waals surface area contributed by atoms with Crippen molar-refractivity contribution in [3.05, 3.63) is 115 Å². The Morgan fingerprint density at radius 2 is 1.62 bits per heavy atom. The maximum absolute atomic E-state index is 9.97. The largest absolute Gasteiger partial charge is 0.507 e. The van der Waals surface area contributed by atoms with Crippen molar-refractivity contribution in [3.8, 4) is 11.5 Å². The summed E-state index contributed by atoms with van der Waals surface area (Å²) in [6.45, 7) is 5.83. The number of carbonyl (C=O) groups is 1. The van der Waals surface area contributed by atoms with Gasteiger partial charge in [0.2, 0.25) is 0 Å². The number of nitrogens with one attached hydrogen (secondary N) is 1. The molecule has 0 aliphatic heterocycles. The SMILES string of the molecule is CCOC(=O)OC.Cc1cn[nH]c1-c1nccn1Cc1ccccc1.c1ccc(Cn2ccnc2)cc1.